The van der Waals surface area contributed by atoms with Crippen LogP contribution < -0.4 is 14.8 Å². The van der Waals surface area contributed by atoms with E-state index in [9.17, 15) is 4.79 Å². The molecule has 0 bridgehead atoms. The first kappa shape index (κ1) is 16.6. The smallest absolute Gasteiger partial charge is 0.229 e. The molecule has 126 valence electrons. The highest BCUT2D eigenvalue weighted by Gasteiger charge is 2.11. The van der Waals surface area contributed by atoms with Gasteiger partial charge in [0.1, 0.15) is 11.5 Å². The molecule has 0 heterocycles. The minimum atomic E-state index is -0.131. The van der Waals surface area contributed by atoms with Crippen molar-refractivity contribution in [2.75, 3.05) is 12.4 Å². The van der Waals surface area contributed by atoms with Gasteiger partial charge in [-0.15, -0.1) is 0 Å². The lowest BCUT2D eigenvalue weighted by molar-refractivity contribution is -0.115. The maximum Gasteiger partial charge on any atom is 0.229 e. The highest BCUT2D eigenvalue weighted by molar-refractivity contribution is 5.94. The summed E-state index contributed by atoms with van der Waals surface area (Å²) in [5, 5.41) is 2.91. The molecule has 0 unspecified atom stereocenters. The number of anilines is 1. The third kappa shape index (κ3) is 4.38. The predicted octanol–water partition coefficient (Wildman–Crippen LogP) is 4.67. The van der Waals surface area contributed by atoms with Crippen LogP contribution in [0.2, 0.25) is 0 Å². The van der Waals surface area contributed by atoms with Crippen LogP contribution >= 0.6 is 0 Å². The van der Waals surface area contributed by atoms with Crippen molar-refractivity contribution in [3.05, 3.63) is 84.4 Å². The Morgan fingerprint density at radius 1 is 0.840 bits per heavy atom. The summed E-state index contributed by atoms with van der Waals surface area (Å²) in [6.45, 7) is 0. The maximum absolute atomic E-state index is 12.4. The van der Waals surface area contributed by atoms with E-state index in [1.54, 1.807) is 7.11 Å². The molecule has 0 saturated carbocycles. The van der Waals surface area contributed by atoms with Gasteiger partial charge in [-0.1, -0.05) is 48.5 Å². The zero-order chi connectivity index (χ0) is 17.5. The molecule has 1 N–H and O–H groups in total. The number of carbonyl (C=O) groups excluding carboxylic acids is 1. The van der Waals surface area contributed by atoms with Crippen molar-refractivity contribution in [2.24, 2.45) is 0 Å². The van der Waals surface area contributed by atoms with Crippen LogP contribution in [-0.4, -0.2) is 13.0 Å². The Balaban J connectivity index is 1.73. The Morgan fingerprint density at radius 2 is 1.48 bits per heavy atom. The molecule has 1 amide bonds. The number of methoxy groups -OCH3 is 1. The van der Waals surface area contributed by atoms with E-state index in [0.29, 0.717) is 22.9 Å². The lowest BCUT2D eigenvalue weighted by Gasteiger charge is -2.13. The molecule has 0 atom stereocenters. The minimum Gasteiger partial charge on any atom is -0.496 e. The summed E-state index contributed by atoms with van der Waals surface area (Å²) in [7, 11) is 1.60. The van der Waals surface area contributed by atoms with Crippen LogP contribution in [0.15, 0.2) is 78.9 Å². The molecule has 0 aromatic heterocycles. The number of rotatable bonds is 6. The second-order valence-electron chi connectivity index (χ2n) is 5.45. The van der Waals surface area contributed by atoms with Gasteiger partial charge in [-0.25, -0.2) is 0 Å². The SMILES string of the molecule is COc1ccccc1CC(=O)Nc1ccccc1Oc1ccccc1. The molecule has 0 fully saturated rings. The Labute approximate surface area is 147 Å². The van der Waals surface area contributed by atoms with E-state index in [0.717, 1.165) is 5.56 Å². The predicted molar refractivity (Wildman–Crippen MR) is 98.3 cm³/mol. The van der Waals surface area contributed by atoms with E-state index in [1.807, 2.05) is 78.9 Å². The van der Waals surface area contributed by atoms with E-state index in [-0.39, 0.29) is 12.3 Å². The molecule has 25 heavy (non-hydrogen) atoms. The summed E-state index contributed by atoms with van der Waals surface area (Å²) < 4.78 is 11.2. The van der Waals surface area contributed by atoms with E-state index in [2.05, 4.69) is 5.32 Å². The highest BCUT2D eigenvalue weighted by atomic mass is 16.5. The van der Waals surface area contributed by atoms with Gasteiger partial charge in [-0.2, -0.15) is 0 Å². The molecule has 0 aliphatic heterocycles. The molecule has 0 spiro atoms. The zero-order valence-corrected chi connectivity index (χ0v) is 13.9. The Bertz CT molecular complexity index is 847. The summed E-state index contributed by atoms with van der Waals surface area (Å²) in [4.78, 5) is 12.4. The number of hydrogen-bond donors (Lipinski definition) is 1. The first-order chi connectivity index (χ1) is 12.3. The number of nitrogens with one attached hydrogen (secondary N) is 1. The lowest BCUT2D eigenvalue weighted by atomic mass is 10.1. The van der Waals surface area contributed by atoms with Crippen LogP contribution in [0.3, 0.4) is 0 Å². The van der Waals surface area contributed by atoms with Crippen molar-refractivity contribution in [3.63, 3.8) is 0 Å². The van der Waals surface area contributed by atoms with Gasteiger partial charge in [0.05, 0.1) is 19.2 Å². The van der Waals surface area contributed by atoms with E-state index >= 15 is 0 Å². The minimum absolute atomic E-state index is 0.131. The summed E-state index contributed by atoms with van der Waals surface area (Å²) in [6, 6.07) is 24.3. The number of benzene rings is 3. The summed E-state index contributed by atoms with van der Waals surface area (Å²) >= 11 is 0. The van der Waals surface area contributed by atoms with Crippen LogP contribution in [0, 0.1) is 0 Å². The average Bonchev–Trinajstić information content (AvgIpc) is 2.64. The van der Waals surface area contributed by atoms with E-state index < -0.39 is 0 Å². The quantitative estimate of drug-likeness (QED) is 0.713. The van der Waals surface area contributed by atoms with Gasteiger partial charge in [0.25, 0.3) is 0 Å². The first-order valence-corrected chi connectivity index (χ1v) is 8.00. The molecule has 4 nitrogen and oxygen atoms in total. The second kappa shape index (κ2) is 8.02. The molecule has 3 aromatic carbocycles. The molecular weight excluding hydrogens is 314 g/mol. The highest BCUT2D eigenvalue weighted by Crippen LogP contribution is 2.29. The Kier molecular flexibility index (Phi) is 5.32. The monoisotopic (exact) mass is 333 g/mol. The fourth-order valence-electron chi connectivity index (χ4n) is 2.49. The number of ether oxygens (including phenoxy) is 2. The van der Waals surface area contributed by atoms with Crippen LogP contribution in [-0.2, 0) is 11.2 Å². The van der Waals surface area contributed by atoms with Crippen LogP contribution in [0.25, 0.3) is 0 Å². The van der Waals surface area contributed by atoms with Crippen LogP contribution in [0.5, 0.6) is 17.2 Å². The van der Waals surface area contributed by atoms with Gasteiger partial charge in [0.2, 0.25) is 5.91 Å². The van der Waals surface area contributed by atoms with Crippen molar-refractivity contribution in [1.29, 1.82) is 0 Å². The molecule has 3 aromatic rings. The zero-order valence-electron chi connectivity index (χ0n) is 13.9. The third-order valence-electron chi connectivity index (χ3n) is 3.68. The molecule has 3 rings (SSSR count). The molecule has 4 heteroatoms. The normalized spacial score (nSPS) is 10.1. The summed E-state index contributed by atoms with van der Waals surface area (Å²) in [6.07, 6.45) is 0.226. The maximum atomic E-state index is 12.4. The second-order valence-corrected chi connectivity index (χ2v) is 5.45. The molecule has 0 aliphatic carbocycles. The van der Waals surface area contributed by atoms with E-state index in [1.165, 1.54) is 0 Å². The van der Waals surface area contributed by atoms with Gasteiger partial charge in [0.15, 0.2) is 5.75 Å². The van der Waals surface area contributed by atoms with Crippen LogP contribution in [0.1, 0.15) is 5.56 Å². The fourth-order valence-corrected chi connectivity index (χ4v) is 2.49. The number of amides is 1. The molecule has 0 saturated heterocycles. The topological polar surface area (TPSA) is 47.6 Å². The fraction of sp³-hybridized carbons (Fsp3) is 0.0952. The van der Waals surface area contributed by atoms with Crippen molar-refractivity contribution in [3.8, 4) is 17.2 Å². The van der Waals surface area contributed by atoms with Gasteiger partial charge in [-0.3, -0.25) is 4.79 Å². The van der Waals surface area contributed by atoms with Gasteiger partial charge >= 0.3 is 0 Å². The van der Waals surface area contributed by atoms with E-state index in [4.69, 9.17) is 9.47 Å². The number of carbonyl (C=O) groups is 1. The van der Waals surface area contributed by atoms with Crippen molar-refractivity contribution in [1.82, 2.24) is 0 Å². The van der Waals surface area contributed by atoms with Crippen molar-refractivity contribution in [2.45, 2.75) is 6.42 Å². The summed E-state index contributed by atoms with van der Waals surface area (Å²) in [5.41, 5.74) is 1.47. The lowest BCUT2D eigenvalue weighted by Crippen LogP contribution is -2.15. The standard InChI is InChI=1S/C21H19NO3/c1-24-19-13-7-5-9-16(19)15-21(23)22-18-12-6-8-14-20(18)25-17-10-3-2-4-11-17/h2-14H,15H2,1H3,(H,22,23). The Hall–Kier alpha value is -3.27. The third-order valence-corrected chi connectivity index (χ3v) is 3.68. The van der Waals surface area contributed by atoms with Gasteiger partial charge in [-0.05, 0) is 30.3 Å². The van der Waals surface area contributed by atoms with Gasteiger partial charge < -0.3 is 14.8 Å². The first-order valence-electron chi connectivity index (χ1n) is 8.00. The molecule has 0 aliphatic rings. The number of para-hydroxylation sites is 4. The average molecular weight is 333 g/mol. The van der Waals surface area contributed by atoms with Crippen LogP contribution in [0.4, 0.5) is 5.69 Å². The van der Waals surface area contributed by atoms with Crippen molar-refractivity contribution < 1.29 is 14.3 Å². The largest absolute Gasteiger partial charge is 0.496 e. The van der Waals surface area contributed by atoms with Gasteiger partial charge in [0, 0.05) is 5.56 Å². The molecule has 0 radical (unpaired) electrons. The van der Waals surface area contributed by atoms with Crippen molar-refractivity contribution >= 4 is 11.6 Å². The number of hydrogen-bond acceptors (Lipinski definition) is 3. The Morgan fingerprint density at radius 3 is 2.24 bits per heavy atom. The summed E-state index contributed by atoms with van der Waals surface area (Å²) in [5.74, 6) is 1.89. The molecular formula is C21H19NO3.